The van der Waals surface area contributed by atoms with E-state index in [1.54, 1.807) is 11.6 Å². The van der Waals surface area contributed by atoms with Crippen molar-refractivity contribution in [2.24, 2.45) is 0 Å². The molecule has 0 N–H and O–H groups in total. The third kappa shape index (κ3) is 2.10. The summed E-state index contributed by atoms with van der Waals surface area (Å²) in [5.74, 6) is 0.994. The molecule has 2 rings (SSSR count). The highest BCUT2D eigenvalue weighted by molar-refractivity contribution is 7.31. The molecular weight excluding hydrogens is 256 g/mol. The van der Waals surface area contributed by atoms with Crippen LogP contribution in [0.15, 0.2) is 24.3 Å². The normalized spacial score (nSPS) is 13.0. The average molecular weight is 278 g/mol. The molecule has 1 heterocycles. The summed E-state index contributed by atoms with van der Waals surface area (Å²) in [6.07, 6.45) is 0. The van der Waals surface area contributed by atoms with Crippen molar-refractivity contribution in [2.45, 2.75) is 38.9 Å². The second-order valence-corrected chi connectivity index (χ2v) is 13.1. The standard InChI is InChI=1S/C15H22OSSi/c1-15(2,3)18(5,6)14-10-11-12(16-4)8-7-9-13(11)17-14/h7-10H,1-6H3. The van der Waals surface area contributed by atoms with E-state index in [0.29, 0.717) is 5.04 Å². The van der Waals surface area contributed by atoms with Crippen LogP contribution in [0.5, 0.6) is 5.75 Å². The maximum absolute atomic E-state index is 5.46. The van der Waals surface area contributed by atoms with E-state index in [1.165, 1.54) is 10.1 Å². The van der Waals surface area contributed by atoms with Gasteiger partial charge in [-0.25, -0.2) is 0 Å². The van der Waals surface area contributed by atoms with Crippen LogP contribution in [0.25, 0.3) is 10.1 Å². The van der Waals surface area contributed by atoms with Crippen molar-refractivity contribution in [3.8, 4) is 5.75 Å². The highest BCUT2D eigenvalue weighted by Gasteiger charge is 2.38. The van der Waals surface area contributed by atoms with Gasteiger partial charge >= 0.3 is 0 Å². The Morgan fingerprint density at radius 2 is 1.83 bits per heavy atom. The van der Waals surface area contributed by atoms with E-state index >= 15 is 0 Å². The summed E-state index contributed by atoms with van der Waals surface area (Å²) in [7, 11) is 0.312. The van der Waals surface area contributed by atoms with E-state index in [-0.39, 0.29) is 0 Å². The molecule has 0 spiro atoms. The monoisotopic (exact) mass is 278 g/mol. The molecule has 0 aliphatic rings. The molecule has 0 fully saturated rings. The molecule has 2 aromatic rings. The van der Waals surface area contributed by atoms with Crippen molar-refractivity contribution >= 4 is 34.0 Å². The zero-order valence-corrected chi connectivity index (χ0v) is 13.9. The number of thiophene rings is 1. The summed E-state index contributed by atoms with van der Waals surface area (Å²) in [5, 5.41) is 1.64. The van der Waals surface area contributed by atoms with Crippen molar-refractivity contribution in [3.05, 3.63) is 24.3 Å². The van der Waals surface area contributed by atoms with Crippen LogP contribution in [0.2, 0.25) is 18.1 Å². The van der Waals surface area contributed by atoms with Gasteiger partial charge in [0.1, 0.15) is 5.75 Å². The van der Waals surface area contributed by atoms with Crippen molar-refractivity contribution in [1.82, 2.24) is 0 Å². The van der Waals surface area contributed by atoms with E-state index in [0.717, 1.165) is 5.75 Å². The minimum absolute atomic E-state index is 0.376. The lowest BCUT2D eigenvalue weighted by atomic mass is 10.2. The van der Waals surface area contributed by atoms with Crippen molar-refractivity contribution < 1.29 is 4.74 Å². The summed E-state index contributed by atoms with van der Waals surface area (Å²) in [4.78, 5) is 0. The highest BCUT2D eigenvalue weighted by Crippen LogP contribution is 2.39. The maximum Gasteiger partial charge on any atom is 0.127 e. The molecule has 0 bridgehead atoms. The number of benzene rings is 1. The van der Waals surface area contributed by atoms with Gasteiger partial charge in [0.05, 0.1) is 15.2 Å². The van der Waals surface area contributed by atoms with Gasteiger partial charge in [0.25, 0.3) is 0 Å². The Kier molecular flexibility index (Phi) is 3.32. The molecule has 0 saturated heterocycles. The predicted octanol–water partition coefficient (Wildman–Crippen LogP) is 4.63. The van der Waals surface area contributed by atoms with Crippen LogP contribution in [0.4, 0.5) is 0 Å². The van der Waals surface area contributed by atoms with Crippen molar-refractivity contribution in [2.75, 3.05) is 7.11 Å². The van der Waals surface area contributed by atoms with Gasteiger partial charge in [0.15, 0.2) is 0 Å². The fraction of sp³-hybridized carbons (Fsp3) is 0.467. The number of hydrogen-bond acceptors (Lipinski definition) is 2. The molecular formula is C15H22OSSi. The number of rotatable bonds is 2. The second-order valence-electron chi connectivity index (χ2n) is 6.36. The first-order chi connectivity index (χ1) is 8.27. The van der Waals surface area contributed by atoms with Gasteiger partial charge in [-0.2, -0.15) is 0 Å². The van der Waals surface area contributed by atoms with E-state index < -0.39 is 8.07 Å². The highest BCUT2D eigenvalue weighted by atomic mass is 32.1. The number of hydrogen-bond donors (Lipinski definition) is 0. The molecule has 18 heavy (non-hydrogen) atoms. The predicted molar refractivity (Wildman–Crippen MR) is 85.2 cm³/mol. The van der Waals surface area contributed by atoms with E-state index in [9.17, 15) is 0 Å². The second kappa shape index (κ2) is 4.39. The molecule has 0 radical (unpaired) electrons. The molecule has 3 heteroatoms. The fourth-order valence-corrected chi connectivity index (χ4v) is 6.23. The Labute approximate surface area is 115 Å². The van der Waals surface area contributed by atoms with Crippen LogP contribution in [0, 0.1) is 0 Å². The van der Waals surface area contributed by atoms with Gasteiger partial charge in [-0.15, -0.1) is 11.3 Å². The molecule has 1 nitrogen and oxygen atoms in total. The molecule has 0 aliphatic heterocycles. The van der Waals surface area contributed by atoms with Crippen molar-refractivity contribution in [1.29, 1.82) is 0 Å². The molecule has 0 saturated carbocycles. The van der Waals surface area contributed by atoms with Gasteiger partial charge in [0.2, 0.25) is 0 Å². The Hall–Kier alpha value is -0.803. The zero-order valence-electron chi connectivity index (χ0n) is 12.1. The molecule has 98 valence electrons. The van der Waals surface area contributed by atoms with E-state index in [1.807, 2.05) is 17.4 Å². The molecule has 1 aromatic heterocycles. The minimum Gasteiger partial charge on any atom is -0.496 e. The lowest BCUT2D eigenvalue weighted by Crippen LogP contribution is -2.47. The first kappa shape index (κ1) is 13.6. The largest absolute Gasteiger partial charge is 0.496 e. The average Bonchev–Trinajstić information content (AvgIpc) is 2.71. The van der Waals surface area contributed by atoms with Crippen LogP contribution in [0.1, 0.15) is 20.8 Å². The molecule has 0 amide bonds. The van der Waals surface area contributed by atoms with Crippen LogP contribution in [-0.4, -0.2) is 15.2 Å². The number of methoxy groups -OCH3 is 1. The molecule has 1 aromatic carbocycles. The van der Waals surface area contributed by atoms with Gasteiger partial charge in [-0.05, 0) is 27.7 Å². The maximum atomic E-state index is 5.46. The lowest BCUT2D eigenvalue weighted by Gasteiger charge is -2.35. The topological polar surface area (TPSA) is 9.23 Å². The Balaban J connectivity index is 2.61. The van der Waals surface area contributed by atoms with Gasteiger partial charge < -0.3 is 4.74 Å². The quantitative estimate of drug-likeness (QED) is 0.728. The van der Waals surface area contributed by atoms with Crippen LogP contribution >= 0.6 is 11.3 Å². The molecule has 0 aliphatic carbocycles. The SMILES string of the molecule is COc1cccc2sc([Si](C)(C)C(C)(C)C)cc12. The fourth-order valence-electron chi connectivity index (χ4n) is 1.89. The van der Waals surface area contributed by atoms with Gasteiger partial charge in [0, 0.05) is 10.1 Å². The van der Waals surface area contributed by atoms with Crippen LogP contribution in [0.3, 0.4) is 0 Å². The van der Waals surface area contributed by atoms with E-state index in [4.69, 9.17) is 4.74 Å². The summed E-state index contributed by atoms with van der Waals surface area (Å²) in [6.45, 7) is 12.0. The number of ether oxygens (including phenoxy) is 1. The smallest absolute Gasteiger partial charge is 0.127 e. The zero-order chi connectivity index (χ0) is 13.6. The first-order valence-corrected chi connectivity index (χ1v) is 10.2. The summed E-state index contributed by atoms with van der Waals surface area (Å²) in [5.41, 5.74) is 0. The number of fused-ring (bicyclic) bond motifs is 1. The Morgan fingerprint density at radius 3 is 2.39 bits per heavy atom. The van der Waals surface area contributed by atoms with E-state index in [2.05, 4.69) is 52.1 Å². The minimum atomic E-state index is -1.44. The summed E-state index contributed by atoms with van der Waals surface area (Å²) >= 11 is 1.94. The van der Waals surface area contributed by atoms with Crippen LogP contribution in [-0.2, 0) is 0 Å². The van der Waals surface area contributed by atoms with Crippen LogP contribution < -0.4 is 9.24 Å². The molecule has 0 atom stereocenters. The van der Waals surface area contributed by atoms with Gasteiger partial charge in [-0.3, -0.25) is 0 Å². The third-order valence-electron chi connectivity index (χ3n) is 4.23. The lowest BCUT2D eigenvalue weighted by molar-refractivity contribution is 0.420. The van der Waals surface area contributed by atoms with Gasteiger partial charge in [-0.1, -0.05) is 39.9 Å². The van der Waals surface area contributed by atoms with Crippen molar-refractivity contribution in [3.63, 3.8) is 0 Å². The Morgan fingerprint density at radius 1 is 1.17 bits per heavy atom. The Bertz CT molecular complexity index is 563. The summed E-state index contributed by atoms with van der Waals surface area (Å²) < 4.78 is 8.37. The third-order valence-corrected chi connectivity index (χ3v) is 12.1. The summed E-state index contributed by atoms with van der Waals surface area (Å²) in [6, 6.07) is 8.67. The first-order valence-electron chi connectivity index (χ1n) is 6.34. The molecule has 0 unspecified atom stereocenters.